The van der Waals surface area contributed by atoms with Crippen molar-refractivity contribution in [1.82, 2.24) is 14.9 Å². The quantitative estimate of drug-likeness (QED) is 0.773. The maximum absolute atomic E-state index is 12.3. The van der Waals surface area contributed by atoms with E-state index in [9.17, 15) is 4.79 Å². The molecule has 128 valence electrons. The minimum Gasteiger partial charge on any atom is -0.379 e. The van der Waals surface area contributed by atoms with E-state index in [-0.39, 0.29) is 17.0 Å². The molecule has 1 saturated heterocycles. The lowest BCUT2D eigenvalue weighted by Gasteiger charge is -2.35. The van der Waals surface area contributed by atoms with Gasteiger partial charge in [0.25, 0.3) is 5.91 Å². The Kier molecular flexibility index (Phi) is 3.85. The number of nitrogens with one attached hydrogen (secondary N) is 1. The Hall–Kier alpha value is -2.93. The van der Waals surface area contributed by atoms with Crippen LogP contribution in [0.25, 0.3) is 0 Å². The molecule has 0 aliphatic carbocycles. The Morgan fingerprint density at radius 2 is 2.12 bits per heavy atom. The van der Waals surface area contributed by atoms with E-state index < -0.39 is 0 Å². The van der Waals surface area contributed by atoms with Gasteiger partial charge in [-0.3, -0.25) is 9.48 Å². The van der Waals surface area contributed by atoms with E-state index in [1.807, 2.05) is 37.3 Å². The first-order valence-electron chi connectivity index (χ1n) is 8.05. The molecular formula is C18H18N4O3. The van der Waals surface area contributed by atoms with E-state index in [4.69, 9.17) is 9.26 Å². The third-order valence-electron chi connectivity index (χ3n) is 4.26. The summed E-state index contributed by atoms with van der Waals surface area (Å²) in [6, 6.07) is 11.7. The van der Waals surface area contributed by atoms with Gasteiger partial charge in [-0.05, 0) is 12.5 Å². The second-order valence-electron chi connectivity index (χ2n) is 6.50. The molecule has 7 heteroatoms. The van der Waals surface area contributed by atoms with Crippen LogP contribution in [0.5, 0.6) is 0 Å². The average Bonchev–Trinajstić information content (AvgIpc) is 3.23. The van der Waals surface area contributed by atoms with Gasteiger partial charge in [-0.2, -0.15) is 5.10 Å². The van der Waals surface area contributed by atoms with Crippen molar-refractivity contribution in [3.05, 3.63) is 65.8 Å². The number of aromatic nitrogens is 3. The van der Waals surface area contributed by atoms with Crippen LogP contribution in [0.1, 0.15) is 28.7 Å². The van der Waals surface area contributed by atoms with Gasteiger partial charge in [0.2, 0.25) is 0 Å². The number of carbonyl (C=O) groups excluding carboxylic acids is 1. The first-order valence-corrected chi connectivity index (χ1v) is 8.05. The van der Waals surface area contributed by atoms with Crippen LogP contribution in [-0.2, 0) is 16.7 Å². The van der Waals surface area contributed by atoms with Gasteiger partial charge in [0.15, 0.2) is 5.69 Å². The van der Waals surface area contributed by atoms with E-state index in [0.29, 0.717) is 31.2 Å². The van der Waals surface area contributed by atoms with Crippen LogP contribution in [0.2, 0.25) is 0 Å². The number of hydrogen-bond donors (Lipinski definition) is 1. The molecule has 0 bridgehead atoms. The second-order valence-corrected chi connectivity index (χ2v) is 6.50. The fourth-order valence-electron chi connectivity index (χ4n) is 2.70. The van der Waals surface area contributed by atoms with Crippen molar-refractivity contribution in [1.29, 1.82) is 0 Å². The zero-order chi connectivity index (χ0) is 17.3. The Balaban J connectivity index is 1.41. The normalized spacial score (nSPS) is 15.6. The maximum atomic E-state index is 12.3. The van der Waals surface area contributed by atoms with Crippen LogP contribution in [0.4, 0.5) is 5.69 Å². The van der Waals surface area contributed by atoms with Gasteiger partial charge in [0.1, 0.15) is 5.76 Å². The fraction of sp³-hybridized carbons (Fsp3) is 0.278. The smallest absolute Gasteiger partial charge is 0.277 e. The molecule has 7 nitrogen and oxygen atoms in total. The van der Waals surface area contributed by atoms with Crippen molar-refractivity contribution in [3.8, 4) is 0 Å². The summed E-state index contributed by atoms with van der Waals surface area (Å²) in [6.07, 6.45) is 3.40. The third-order valence-corrected chi connectivity index (χ3v) is 4.26. The zero-order valence-electron chi connectivity index (χ0n) is 13.8. The molecule has 0 radical (unpaired) electrons. The molecule has 0 unspecified atom stereocenters. The molecule has 0 atom stereocenters. The highest BCUT2D eigenvalue weighted by Gasteiger charge is 2.39. The van der Waals surface area contributed by atoms with E-state index in [1.54, 1.807) is 23.1 Å². The summed E-state index contributed by atoms with van der Waals surface area (Å²) >= 11 is 0. The average molecular weight is 338 g/mol. The summed E-state index contributed by atoms with van der Waals surface area (Å²) in [5.74, 6) is 0.349. The van der Waals surface area contributed by atoms with E-state index in [2.05, 4.69) is 15.6 Å². The monoisotopic (exact) mass is 338 g/mol. The van der Waals surface area contributed by atoms with Crippen molar-refractivity contribution in [2.45, 2.75) is 18.9 Å². The van der Waals surface area contributed by atoms with Gasteiger partial charge >= 0.3 is 0 Å². The molecule has 1 aromatic carbocycles. The lowest BCUT2D eigenvalue weighted by Crippen LogP contribution is -2.43. The summed E-state index contributed by atoms with van der Waals surface area (Å²) in [5, 5.41) is 10.9. The predicted molar refractivity (Wildman–Crippen MR) is 90.4 cm³/mol. The summed E-state index contributed by atoms with van der Waals surface area (Å²) in [6.45, 7) is 3.82. The highest BCUT2D eigenvalue weighted by molar-refractivity contribution is 6.02. The Morgan fingerprint density at radius 3 is 2.84 bits per heavy atom. The van der Waals surface area contributed by atoms with Gasteiger partial charge in [-0.1, -0.05) is 35.5 Å². The summed E-state index contributed by atoms with van der Waals surface area (Å²) in [5.41, 5.74) is 1.81. The molecule has 0 spiro atoms. The van der Waals surface area contributed by atoms with Gasteiger partial charge in [-0.25, -0.2) is 0 Å². The molecule has 3 aromatic rings. The highest BCUT2D eigenvalue weighted by atomic mass is 16.5. The molecule has 25 heavy (non-hydrogen) atoms. The van der Waals surface area contributed by atoms with Gasteiger partial charge in [-0.15, -0.1) is 0 Å². The van der Waals surface area contributed by atoms with Crippen molar-refractivity contribution >= 4 is 11.6 Å². The molecular weight excluding hydrogens is 320 g/mol. The highest BCUT2D eigenvalue weighted by Crippen LogP contribution is 2.32. The van der Waals surface area contributed by atoms with Crippen LogP contribution >= 0.6 is 0 Å². The zero-order valence-corrected chi connectivity index (χ0v) is 13.8. The van der Waals surface area contributed by atoms with Crippen LogP contribution < -0.4 is 5.32 Å². The number of carbonyl (C=O) groups is 1. The number of anilines is 1. The van der Waals surface area contributed by atoms with Gasteiger partial charge in [0.05, 0.1) is 37.1 Å². The topological polar surface area (TPSA) is 82.2 Å². The maximum Gasteiger partial charge on any atom is 0.277 e. The molecule has 1 aliphatic heterocycles. The first kappa shape index (κ1) is 15.6. The van der Waals surface area contributed by atoms with Crippen molar-refractivity contribution in [3.63, 3.8) is 0 Å². The summed E-state index contributed by atoms with van der Waals surface area (Å²) in [7, 11) is 0. The van der Waals surface area contributed by atoms with Crippen molar-refractivity contribution < 1.29 is 14.1 Å². The molecule has 1 fully saturated rings. The van der Waals surface area contributed by atoms with Crippen molar-refractivity contribution in [2.75, 3.05) is 18.5 Å². The number of ether oxygens (including phenoxy) is 1. The Labute approximate surface area is 144 Å². The van der Waals surface area contributed by atoms with E-state index >= 15 is 0 Å². The summed E-state index contributed by atoms with van der Waals surface area (Å²) < 4.78 is 12.3. The second kappa shape index (κ2) is 6.18. The van der Waals surface area contributed by atoms with Crippen LogP contribution in [0.3, 0.4) is 0 Å². The van der Waals surface area contributed by atoms with Crippen LogP contribution in [0.15, 0.2) is 53.3 Å². The molecule has 1 N–H and O–H groups in total. The number of benzene rings is 1. The molecule has 2 aromatic heterocycles. The molecule has 1 amide bonds. The van der Waals surface area contributed by atoms with Crippen LogP contribution in [-0.4, -0.2) is 34.1 Å². The lowest BCUT2D eigenvalue weighted by molar-refractivity contribution is -0.0619. The molecule has 3 heterocycles. The Bertz CT molecular complexity index is 881. The lowest BCUT2D eigenvalue weighted by atomic mass is 9.86. The van der Waals surface area contributed by atoms with Gasteiger partial charge < -0.3 is 14.6 Å². The van der Waals surface area contributed by atoms with Crippen molar-refractivity contribution in [2.24, 2.45) is 0 Å². The molecule has 4 rings (SSSR count). The minimum absolute atomic E-state index is 0.188. The number of rotatable bonds is 5. The fourth-order valence-corrected chi connectivity index (χ4v) is 2.70. The van der Waals surface area contributed by atoms with E-state index in [1.165, 1.54) is 0 Å². The largest absolute Gasteiger partial charge is 0.379 e. The molecule has 1 aliphatic rings. The Morgan fingerprint density at radius 1 is 1.32 bits per heavy atom. The molecule has 0 saturated carbocycles. The standard InChI is InChI=1S/C18H18N4O3/c1-18(11-24-12-18)16-7-15(21-25-16)17(23)20-14-8-19-22(10-14)9-13-5-3-2-4-6-13/h2-8,10H,9,11-12H2,1H3,(H,20,23). The SMILES string of the molecule is CC1(c2cc(C(=O)Nc3cnn(Cc4ccccc4)c3)no2)COC1. The predicted octanol–water partition coefficient (Wildman–Crippen LogP) is 2.46. The van der Waals surface area contributed by atoms with E-state index in [0.717, 1.165) is 5.56 Å². The number of amides is 1. The summed E-state index contributed by atoms with van der Waals surface area (Å²) in [4.78, 5) is 12.3. The first-order chi connectivity index (χ1) is 12.1. The number of nitrogens with zero attached hydrogens (tertiary/aromatic N) is 3. The van der Waals surface area contributed by atoms with Crippen LogP contribution in [0, 0.1) is 0 Å². The third kappa shape index (κ3) is 3.18. The number of hydrogen-bond acceptors (Lipinski definition) is 5. The van der Waals surface area contributed by atoms with Gasteiger partial charge in [0, 0.05) is 12.3 Å². The minimum atomic E-state index is -0.321.